The Bertz CT molecular complexity index is 1030. The lowest BCUT2D eigenvalue weighted by Gasteiger charge is -2.36. The molecule has 6 nitrogen and oxygen atoms in total. The molecule has 29 heavy (non-hydrogen) atoms. The predicted molar refractivity (Wildman–Crippen MR) is 113 cm³/mol. The third-order valence-corrected chi connectivity index (χ3v) is 5.77. The van der Waals surface area contributed by atoms with Crippen molar-refractivity contribution < 1.29 is 9.32 Å². The SMILES string of the molecule is Cc1ccccc1N1CCN(C(=O)Cc2noc(-c3ccc(Cl)c(Cl)c3)n2)CC1. The third kappa shape index (κ3) is 4.38. The Morgan fingerprint density at radius 2 is 1.83 bits per heavy atom. The molecule has 0 saturated carbocycles. The van der Waals surface area contributed by atoms with Crippen LogP contribution < -0.4 is 4.90 Å². The average molecular weight is 431 g/mol. The molecule has 0 bridgehead atoms. The summed E-state index contributed by atoms with van der Waals surface area (Å²) in [6.45, 7) is 5.05. The van der Waals surface area contributed by atoms with E-state index in [0.717, 1.165) is 13.1 Å². The van der Waals surface area contributed by atoms with Crippen LogP contribution >= 0.6 is 23.2 Å². The van der Waals surface area contributed by atoms with Crippen molar-refractivity contribution in [2.75, 3.05) is 31.1 Å². The van der Waals surface area contributed by atoms with E-state index in [-0.39, 0.29) is 12.3 Å². The van der Waals surface area contributed by atoms with E-state index in [2.05, 4.69) is 34.1 Å². The van der Waals surface area contributed by atoms with E-state index >= 15 is 0 Å². The maximum absolute atomic E-state index is 12.7. The minimum Gasteiger partial charge on any atom is -0.368 e. The van der Waals surface area contributed by atoms with Gasteiger partial charge in [0.25, 0.3) is 5.89 Å². The molecular weight excluding hydrogens is 411 g/mol. The number of aromatic nitrogens is 2. The van der Waals surface area contributed by atoms with Gasteiger partial charge >= 0.3 is 0 Å². The summed E-state index contributed by atoms with van der Waals surface area (Å²) in [5.41, 5.74) is 3.13. The third-order valence-electron chi connectivity index (χ3n) is 5.03. The molecule has 0 unspecified atom stereocenters. The Balaban J connectivity index is 1.36. The molecule has 0 atom stereocenters. The smallest absolute Gasteiger partial charge is 0.257 e. The number of benzene rings is 2. The summed E-state index contributed by atoms with van der Waals surface area (Å²) in [6, 6.07) is 13.4. The number of hydrogen-bond acceptors (Lipinski definition) is 5. The number of hydrogen-bond donors (Lipinski definition) is 0. The zero-order chi connectivity index (χ0) is 20.4. The minimum absolute atomic E-state index is 0.00378. The van der Waals surface area contributed by atoms with Gasteiger partial charge in [-0.25, -0.2) is 0 Å². The fraction of sp³-hybridized carbons (Fsp3) is 0.286. The zero-order valence-corrected chi connectivity index (χ0v) is 17.5. The molecular formula is C21H20Cl2N4O2. The standard InChI is InChI=1S/C21H20Cl2N4O2/c1-14-4-2-3-5-18(14)26-8-10-27(11-9-26)20(28)13-19-24-21(29-25-19)15-6-7-16(22)17(23)12-15/h2-7,12H,8-11,13H2,1H3. The number of nitrogens with zero attached hydrogens (tertiary/aromatic N) is 4. The van der Waals surface area contributed by atoms with Crippen molar-refractivity contribution in [3.63, 3.8) is 0 Å². The minimum atomic E-state index is -0.00378. The number of halogens is 2. The van der Waals surface area contributed by atoms with Crippen molar-refractivity contribution in [2.24, 2.45) is 0 Å². The highest BCUT2D eigenvalue weighted by molar-refractivity contribution is 6.42. The Kier molecular flexibility index (Phi) is 5.74. The highest BCUT2D eigenvalue weighted by atomic mass is 35.5. The van der Waals surface area contributed by atoms with Crippen LogP contribution in [0.15, 0.2) is 47.0 Å². The quantitative estimate of drug-likeness (QED) is 0.619. The van der Waals surface area contributed by atoms with Gasteiger partial charge in [0.2, 0.25) is 5.91 Å². The van der Waals surface area contributed by atoms with Gasteiger partial charge in [-0.1, -0.05) is 46.6 Å². The molecule has 0 spiro atoms. The molecule has 0 N–H and O–H groups in total. The number of anilines is 1. The summed E-state index contributed by atoms with van der Waals surface area (Å²) in [4.78, 5) is 21.2. The molecule has 1 aliphatic heterocycles. The summed E-state index contributed by atoms with van der Waals surface area (Å²) in [5.74, 6) is 0.670. The predicted octanol–water partition coefficient (Wildman–Crippen LogP) is 4.24. The molecule has 8 heteroatoms. The van der Waals surface area contributed by atoms with E-state index < -0.39 is 0 Å². The van der Waals surface area contributed by atoms with E-state index in [1.807, 2.05) is 17.0 Å². The molecule has 150 valence electrons. The van der Waals surface area contributed by atoms with Crippen molar-refractivity contribution >= 4 is 34.8 Å². The molecule has 2 heterocycles. The van der Waals surface area contributed by atoms with E-state index in [9.17, 15) is 4.79 Å². The zero-order valence-electron chi connectivity index (χ0n) is 15.9. The van der Waals surface area contributed by atoms with Gasteiger partial charge in [-0.2, -0.15) is 4.98 Å². The van der Waals surface area contributed by atoms with Crippen molar-refractivity contribution in [3.8, 4) is 11.5 Å². The van der Waals surface area contributed by atoms with E-state index in [4.69, 9.17) is 27.7 Å². The molecule has 1 amide bonds. The van der Waals surface area contributed by atoms with Gasteiger partial charge in [0.05, 0.1) is 16.5 Å². The molecule has 3 aromatic rings. The second-order valence-electron chi connectivity index (χ2n) is 6.98. The van der Waals surface area contributed by atoms with Crippen molar-refractivity contribution in [3.05, 3.63) is 63.9 Å². The summed E-state index contributed by atoms with van der Waals surface area (Å²) >= 11 is 12.0. The maximum atomic E-state index is 12.7. The first-order chi connectivity index (χ1) is 14.0. The Morgan fingerprint density at radius 1 is 1.07 bits per heavy atom. The first kappa shape index (κ1) is 19.7. The molecule has 2 aromatic carbocycles. The van der Waals surface area contributed by atoms with Crippen LogP contribution in [-0.2, 0) is 11.2 Å². The summed E-state index contributed by atoms with van der Waals surface area (Å²) in [7, 11) is 0. The van der Waals surface area contributed by atoms with Crippen LogP contribution in [0.2, 0.25) is 10.0 Å². The number of carbonyl (C=O) groups is 1. The largest absolute Gasteiger partial charge is 0.368 e. The van der Waals surface area contributed by atoms with Crippen molar-refractivity contribution in [1.29, 1.82) is 0 Å². The average Bonchev–Trinajstić information content (AvgIpc) is 3.19. The van der Waals surface area contributed by atoms with Gasteiger partial charge in [-0.3, -0.25) is 4.79 Å². The molecule has 0 radical (unpaired) electrons. The molecule has 1 fully saturated rings. The molecule has 1 aromatic heterocycles. The fourth-order valence-corrected chi connectivity index (χ4v) is 3.73. The van der Waals surface area contributed by atoms with Crippen LogP contribution in [0.3, 0.4) is 0 Å². The van der Waals surface area contributed by atoms with Crippen LogP contribution in [0.5, 0.6) is 0 Å². The van der Waals surface area contributed by atoms with Crippen molar-refractivity contribution in [2.45, 2.75) is 13.3 Å². The Hall–Kier alpha value is -2.57. The fourth-order valence-electron chi connectivity index (χ4n) is 3.43. The van der Waals surface area contributed by atoms with Crippen LogP contribution in [0.4, 0.5) is 5.69 Å². The monoisotopic (exact) mass is 430 g/mol. The van der Waals surface area contributed by atoms with Crippen LogP contribution in [-0.4, -0.2) is 47.1 Å². The summed E-state index contributed by atoms with van der Waals surface area (Å²) < 4.78 is 5.28. The van der Waals surface area contributed by atoms with Crippen LogP contribution in [0.1, 0.15) is 11.4 Å². The molecule has 4 rings (SSSR count). The highest BCUT2D eigenvalue weighted by Gasteiger charge is 2.23. The molecule has 0 aliphatic carbocycles. The maximum Gasteiger partial charge on any atom is 0.257 e. The Labute approximate surface area is 179 Å². The lowest BCUT2D eigenvalue weighted by molar-refractivity contribution is -0.130. The van der Waals surface area contributed by atoms with Gasteiger partial charge < -0.3 is 14.3 Å². The van der Waals surface area contributed by atoms with Gasteiger partial charge in [-0.15, -0.1) is 0 Å². The second-order valence-corrected chi connectivity index (χ2v) is 7.79. The number of amides is 1. The highest BCUT2D eigenvalue weighted by Crippen LogP contribution is 2.27. The second kappa shape index (κ2) is 8.43. The van der Waals surface area contributed by atoms with Gasteiger partial charge in [0.1, 0.15) is 0 Å². The first-order valence-electron chi connectivity index (χ1n) is 9.37. The van der Waals surface area contributed by atoms with Gasteiger partial charge in [-0.05, 0) is 36.8 Å². The topological polar surface area (TPSA) is 62.5 Å². The van der Waals surface area contributed by atoms with E-state index in [0.29, 0.717) is 40.4 Å². The van der Waals surface area contributed by atoms with Gasteiger partial charge in [0.15, 0.2) is 5.82 Å². The number of rotatable bonds is 4. The normalized spacial score (nSPS) is 14.3. The molecule has 1 saturated heterocycles. The molecule has 1 aliphatic rings. The lowest BCUT2D eigenvalue weighted by atomic mass is 10.1. The summed E-state index contributed by atoms with van der Waals surface area (Å²) in [6.07, 6.45) is 0.106. The number of piperazine rings is 1. The van der Waals surface area contributed by atoms with E-state index in [1.165, 1.54) is 11.3 Å². The Morgan fingerprint density at radius 3 is 2.55 bits per heavy atom. The number of aryl methyl sites for hydroxylation is 1. The van der Waals surface area contributed by atoms with Crippen molar-refractivity contribution in [1.82, 2.24) is 15.0 Å². The van der Waals surface area contributed by atoms with Crippen LogP contribution in [0.25, 0.3) is 11.5 Å². The summed E-state index contributed by atoms with van der Waals surface area (Å²) in [5, 5.41) is 4.80. The van der Waals surface area contributed by atoms with Gasteiger partial charge in [0, 0.05) is 37.4 Å². The number of para-hydroxylation sites is 1. The van der Waals surface area contributed by atoms with E-state index in [1.54, 1.807) is 18.2 Å². The first-order valence-corrected chi connectivity index (χ1v) is 10.1. The van der Waals surface area contributed by atoms with Crippen LogP contribution in [0, 0.1) is 6.92 Å². The number of carbonyl (C=O) groups excluding carboxylic acids is 1. The lowest BCUT2D eigenvalue weighted by Crippen LogP contribution is -2.49.